The van der Waals surface area contributed by atoms with E-state index >= 15 is 0 Å². The van der Waals surface area contributed by atoms with Crippen LogP contribution in [0.5, 0.6) is 11.5 Å². The molecule has 0 saturated carbocycles. The minimum atomic E-state index is -3.83. The molecule has 0 aliphatic rings. The van der Waals surface area contributed by atoms with Crippen molar-refractivity contribution < 1.29 is 26.1 Å². The molecule has 31 heavy (non-hydrogen) atoms. The van der Waals surface area contributed by atoms with Crippen molar-refractivity contribution >= 4 is 27.7 Å². The molecule has 0 aliphatic carbocycles. The first-order chi connectivity index (χ1) is 14.1. The summed E-state index contributed by atoms with van der Waals surface area (Å²) < 4.78 is 67.1. The van der Waals surface area contributed by atoms with Gasteiger partial charge < -0.3 is 9.31 Å². The quantitative estimate of drug-likeness (QED) is 0.577. The first kappa shape index (κ1) is 25.2. The van der Waals surface area contributed by atoms with Gasteiger partial charge in [-0.1, -0.05) is 24.3 Å². The molecule has 0 bridgehead atoms. The second-order valence-electron chi connectivity index (χ2n) is 9.01. The van der Waals surface area contributed by atoms with Gasteiger partial charge in [-0.05, 0) is 65.8 Å². The van der Waals surface area contributed by atoms with Crippen LogP contribution in [0, 0.1) is 0 Å². The van der Waals surface area contributed by atoms with E-state index < -0.39 is 31.1 Å². The fraction of sp³-hybridized carbons (Fsp3) is 0.400. The minimum absolute atomic E-state index is 0.0381. The van der Waals surface area contributed by atoms with E-state index in [2.05, 4.69) is 9.44 Å². The maximum atomic E-state index is 12.7. The average molecular weight is 468 g/mol. The zero-order chi connectivity index (χ0) is 23.5. The molecule has 0 unspecified atom stereocenters. The Morgan fingerprint density at radius 2 is 0.968 bits per heavy atom. The number of hydrogen-bond acceptors (Lipinski definition) is 6. The second kappa shape index (κ2) is 9.19. The smallest absolute Gasteiger partial charge is 0.527 e. The van der Waals surface area contributed by atoms with Crippen LogP contribution < -0.4 is 18.8 Å². The fourth-order valence-corrected chi connectivity index (χ4v) is 5.79. The van der Waals surface area contributed by atoms with Crippen molar-refractivity contribution in [2.45, 2.75) is 62.4 Å². The summed E-state index contributed by atoms with van der Waals surface area (Å²) in [6, 6.07) is 12.3. The molecule has 170 valence electrons. The Morgan fingerprint density at radius 1 is 0.645 bits per heavy atom. The van der Waals surface area contributed by atoms with Crippen LogP contribution in [0.3, 0.4) is 0 Å². The Labute approximate surface area is 185 Å². The summed E-state index contributed by atoms with van der Waals surface area (Å²) in [6.45, 7) is 10.4. The van der Waals surface area contributed by atoms with Crippen molar-refractivity contribution in [2.24, 2.45) is 0 Å². The highest BCUT2D eigenvalue weighted by Crippen LogP contribution is 2.26. The summed E-state index contributed by atoms with van der Waals surface area (Å²) in [4.78, 5) is -0.0762. The van der Waals surface area contributed by atoms with Crippen LogP contribution in [0.1, 0.15) is 41.5 Å². The van der Waals surface area contributed by atoms with Gasteiger partial charge in [0.2, 0.25) is 20.0 Å². The van der Waals surface area contributed by atoms with Crippen LogP contribution in [0.4, 0.5) is 0 Å². The molecule has 0 fully saturated rings. The van der Waals surface area contributed by atoms with Crippen LogP contribution in [-0.2, 0) is 20.0 Å². The lowest BCUT2D eigenvalue weighted by molar-refractivity contribution is 0.440. The standard InChI is InChI=1S/C20H29BN2O6S2/c1-19(2,3)22-30(24,25)17-13-9-7-11-15(17)28-21-29-16-12-8-10-14-18(16)31(26,27)23-20(4,5)6/h7-14,21-23H,1-6H3. The zero-order valence-electron chi connectivity index (χ0n) is 18.6. The average Bonchev–Trinajstić information content (AvgIpc) is 2.58. The third-order valence-electron chi connectivity index (χ3n) is 3.59. The van der Waals surface area contributed by atoms with Crippen LogP contribution in [0.2, 0.25) is 0 Å². The van der Waals surface area contributed by atoms with Crippen molar-refractivity contribution in [3.8, 4) is 11.5 Å². The van der Waals surface area contributed by atoms with Crippen molar-refractivity contribution in [3.63, 3.8) is 0 Å². The summed E-state index contributed by atoms with van der Waals surface area (Å²) in [5.41, 5.74) is -1.34. The molecule has 2 aromatic rings. The van der Waals surface area contributed by atoms with Crippen molar-refractivity contribution in [3.05, 3.63) is 48.5 Å². The molecule has 0 spiro atoms. The van der Waals surface area contributed by atoms with E-state index in [1.807, 2.05) is 0 Å². The first-order valence-corrected chi connectivity index (χ1v) is 12.6. The Bertz CT molecular complexity index is 1030. The van der Waals surface area contributed by atoms with Gasteiger partial charge in [-0.2, -0.15) is 0 Å². The van der Waals surface area contributed by atoms with Crippen LogP contribution in [-0.4, -0.2) is 35.6 Å². The zero-order valence-corrected chi connectivity index (χ0v) is 20.2. The molecule has 0 amide bonds. The van der Waals surface area contributed by atoms with Crippen molar-refractivity contribution in [1.82, 2.24) is 9.44 Å². The van der Waals surface area contributed by atoms with Gasteiger partial charge in [0.1, 0.15) is 21.3 Å². The summed E-state index contributed by atoms with van der Waals surface area (Å²) in [7, 11) is -8.05. The lowest BCUT2D eigenvalue weighted by Crippen LogP contribution is -2.40. The summed E-state index contributed by atoms with van der Waals surface area (Å²) >= 11 is 0. The van der Waals surface area contributed by atoms with Gasteiger partial charge in [0.25, 0.3) is 0 Å². The van der Waals surface area contributed by atoms with E-state index in [-0.39, 0.29) is 29.0 Å². The number of para-hydroxylation sites is 2. The van der Waals surface area contributed by atoms with Crippen LogP contribution in [0.25, 0.3) is 0 Å². The van der Waals surface area contributed by atoms with Gasteiger partial charge in [0.15, 0.2) is 0 Å². The molecular weight excluding hydrogens is 439 g/mol. The summed E-state index contributed by atoms with van der Waals surface area (Å²) in [5, 5.41) is 0. The summed E-state index contributed by atoms with van der Waals surface area (Å²) in [6.07, 6.45) is 0. The molecule has 11 heteroatoms. The maximum absolute atomic E-state index is 12.7. The third kappa shape index (κ3) is 7.53. The summed E-state index contributed by atoms with van der Waals surface area (Å²) in [5.74, 6) is 0.180. The topological polar surface area (TPSA) is 111 Å². The molecule has 0 aliphatic heterocycles. The molecule has 0 radical (unpaired) electrons. The monoisotopic (exact) mass is 468 g/mol. The van der Waals surface area contributed by atoms with Gasteiger partial charge in [-0.15, -0.1) is 0 Å². The Kier molecular flexibility index (Phi) is 7.47. The number of sulfonamides is 2. The van der Waals surface area contributed by atoms with E-state index in [1.165, 1.54) is 24.3 Å². The van der Waals surface area contributed by atoms with E-state index in [4.69, 9.17) is 9.31 Å². The maximum Gasteiger partial charge on any atom is 0.576 e. The lowest BCUT2D eigenvalue weighted by Gasteiger charge is -2.22. The largest absolute Gasteiger partial charge is 0.576 e. The first-order valence-electron chi connectivity index (χ1n) is 9.62. The highest BCUT2D eigenvalue weighted by Gasteiger charge is 2.27. The Hall–Kier alpha value is -2.08. The number of benzene rings is 2. The predicted molar refractivity (Wildman–Crippen MR) is 121 cm³/mol. The van der Waals surface area contributed by atoms with Gasteiger partial charge in [-0.25, -0.2) is 26.3 Å². The molecule has 8 nitrogen and oxygen atoms in total. The van der Waals surface area contributed by atoms with E-state index in [0.717, 1.165) is 0 Å². The van der Waals surface area contributed by atoms with E-state index in [9.17, 15) is 16.8 Å². The van der Waals surface area contributed by atoms with Crippen LogP contribution in [0.15, 0.2) is 58.3 Å². The molecular formula is C20H29BN2O6S2. The number of nitrogens with one attached hydrogen (secondary N) is 2. The number of rotatable bonds is 8. The van der Waals surface area contributed by atoms with Gasteiger partial charge in [0, 0.05) is 11.1 Å². The van der Waals surface area contributed by atoms with E-state index in [0.29, 0.717) is 0 Å². The van der Waals surface area contributed by atoms with Crippen molar-refractivity contribution in [1.29, 1.82) is 0 Å². The second-order valence-corrected chi connectivity index (χ2v) is 12.3. The molecule has 2 N–H and O–H groups in total. The minimum Gasteiger partial charge on any atom is -0.527 e. The Balaban J connectivity index is 2.22. The van der Waals surface area contributed by atoms with E-state index in [1.54, 1.807) is 65.8 Å². The molecule has 2 rings (SSSR count). The SMILES string of the molecule is CC(C)(C)NS(=O)(=O)c1ccccc1OBOc1ccccc1S(=O)(=O)NC(C)(C)C. The van der Waals surface area contributed by atoms with Gasteiger partial charge in [-0.3, -0.25) is 0 Å². The van der Waals surface area contributed by atoms with Crippen molar-refractivity contribution in [2.75, 3.05) is 0 Å². The molecule has 0 heterocycles. The van der Waals surface area contributed by atoms with Crippen LogP contribution >= 0.6 is 0 Å². The Morgan fingerprint density at radius 3 is 1.29 bits per heavy atom. The highest BCUT2D eigenvalue weighted by atomic mass is 32.2. The molecule has 0 saturated heterocycles. The van der Waals surface area contributed by atoms with Gasteiger partial charge in [0.05, 0.1) is 0 Å². The molecule has 0 atom stereocenters. The normalized spacial score (nSPS) is 13.0. The van der Waals surface area contributed by atoms with Gasteiger partial charge >= 0.3 is 7.69 Å². The third-order valence-corrected chi connectivity index (χ3v) is 7.18. The lowest BCUT2D eigenvalue weighted by atomic mass is 10.1. The molecule has 2 aromatic carbocycles. The fourth-order valence-electron chi connectivity index (χ4n) is 2.66. The highest BCUT2D eigenvalue weighted by molar-refractivity contribution is 7.90. The molecule has 0 aromatic heterocycles. The number of hydrogen-bond donors (Lipinski definition) is 2. The predicted octanol–water partition coefficient (Wildman–Crippen LogP) is 2.56.